The Kier molecular flexibility index (Phi) is 8.34. The van der Waals surface area contributed by atoms with E-state index in [1.807, 2.05) is 30.3 Å². The number of aryl methyl sites for hydroxylation is 2. The molecule has 0 saturated carbocycles. The van der Waals surface area contributed by atoms with Gasteiger partial charge in [0.1, 0.15) is 17.5 Å². The molecule has 0 aliphatic heterocycles. The zero-order valence-corrected chi connectivity index (χ0v) is 20.9. The van der Waals surface area contributed by atoms with Crippen LogP contribution in [0.1, 0.15) is 37.5 Å². The lowest BCUT2D eigenvalue weighted by Gasteiger charge is -2.28. The summed E-state index contributed by atoms with van der Waals surface area (Å²) in [5.74, 6) is 0.893. The molecule has 0 fully saturated rings. The monoisotopic (exact) mass is 480 g/mol. The molecule has 0 unspecified atom stereocenters. The van der Waals surface area contributed by atoms with Crippen molar-refractivity contribution in [2.75, 3.05) is 10.6 Å². The van der Waals surface area contributed by atoms with Crippen molar-refractivity contribution in [1.82, 2.24) is 5.32 Å². The topological polar surface area (TPSA) is 75.7 Å². The molecule has 7 heteroatoms. The third-order valence-electron chi connectivity index (χ3n) is 5.67. The van der Waals surface area contributed by atoms with Gasteiger partial charge >= 0.3 is 0 Å². The van der Waals surface area contributed by atoms with E-state index >= 15 is 0 Å². The van der Waals surface area contributed by atoms with Gasteiger partial charge in [-0.25, -0.2) is 8.42 Å². The molecule has 1 amide bonds. The highest BCUT2D eigenvalue weighted by Gasteiger charge is 2.29. The molecular formula is C27H32N2O4S. The number of sulfonamides is 1. The van der Waals surface area contributed by atoms with Crippen molar-refractivity contribution in [3.63, 3.8) is 0 Å². The predicted molar refractivity (Wildman–Crippen MR) is 137 cm³/mol. The van der Waals surface area contributed by atoms with Crippen LogP contribution in [0.5, 0.6) is 11.5 Å². The predicted octanol–water partition coefficient (Wildman–Crippen LogP) is 5.07. The summed E-state index contributed by atoms with van der Waals surface area (Å²) in [5, 5.41) is 2.92. The van der Waals surface area contributed by atoms with E-state index in [0.29, 0.717) is 23.7 Å². The maximum absolute atomic E-state index is 13.0. The highest BCUT2D eigenvalue weighted by atomic mass is 32.2. The minimum atomic E-state index is -3.71. The summed E-state index contributed by atoms with van der Waals surface area (Å²) in [5.41, 5.74) is 3.81. The number of rotatable bonds is 10. The summed E-state index contributed by atoms with van der Waals surface area (Å²) >= 11 is 0. The number of hydrogen-bond acceptors (Lipinski definition) is 4. The van der Waals surface area contributed by atoms with Crippen LogP contribution in [-0.2, 0) is 34.2 Å². The van der Waals surface area contributed by atoms with Gasteiger partial charge in [-0.3, -0.25) is 9.10 Å². The zero-order valence-electron chi connectivity index (χ0n) is 20.1. The van der Waals surface area contributed by atoms with Crippen LogP contribution in [-0.4, -0.2) is 26.6 Å². The molecule has 0 heterocycles. The van der Waals surface area contributed by atoms with Gasteiger partial charge in [-0.15, -0.1) is 0 Å². The second-order valence-electron chi connectivity index (χ2n) is 8.17. The van der Waals surface area contributed by atoms with Crippen molar-refractivity contribution in [3.05, 3.63) is 89.5 Å². The number of nitrogens with zero attached hydrogens (tertiary/aromatic N) is 1. The van der Waals surface area contributed by atoms with Gasteiger partial charge in [0.2, 0.25) is 15.9 Å². The number of amides is 1. The number of nitrogens with one attached hydrogen (secondary N) is 1. The molecule has 6 nitrogen and oxygen atoms in total. The van der Waals surface area contributed by atoms with Crippen molar-refractivity contribution >= 4 is 21.6 Å². The number of carbonyl (C=O) groups is 1. The van der Waals surface area contributed by atoms with Gasteiger partial charge in [0.25, 0.3) is 0 Å². The first-order chi connectivity index (χ1) is 16.2. The number of ether oxygens (including phenoxy) is 1. The smallest absolute Gasteiger partial charge is 0.243 e. The molecular weight excluding hydrogens is 448 g/mol. The van der Waals surface area contributed by atoms with E-state index in [4.69, 9.17) is 4.74 Å². The van der Waals surface area contributed by atoms with Crippen molar-refractivity contribution in [2.45, 2.75) is 46.2 Å². The standard InChI is InChI=1S/C27H32N2O4S/c1-5-21-12-13-22(6-2)23(18-21)19-28-27(30)20(3)29(34(4,31)32)24-14-16-26(17-15-24)33-25-10-8-7-9-11-25/h7-18,20H,5-6,19H2,1-4H3,(H,28,30)/t20-/m0/s1. The summed E-state index contributed by atoms with van der Waals surface area (Å²) in [7, 11) is -3.71. The third-order valence-corrected chi connectivity index (χ3v) is 6.91. The lowest BCUT2D eigenvalue weighted by molar-refractivity contribution is -0.122. The maximum Gasteiger partial charge on any atom is 0.243 e. The Balaban J connectivity index is 1.75. The molecule has 0 aliphatic rings. The van der Waals surface area contributed by atoms with Crippen LogP contribution < -0.4 is 14.4 Å². The van der Waals surface area contributed by atoms with Crippen molar-refractivity contribution < 1.29 is 17.9 Å². The van der Waals surface area contributed by atoms with Gasteiger partial charge in [-0.1, -0.05) is 50.2 Å². The molecule has 3 rings (SSSR count). The largest absolute Gasteiger partial charge is 0.457 e. The Morgan fingerprint density at radius 3 is 2.15 bits per heavy atom. The summed E-state index contributed by atoms with van der Waals surface area (Å²) in [6, 6.07) is 21.3. The first-order valence-corrected chi connectivity index (χ1v) is 13.3. The van der Waals surface area contributed by atoms with E-state index in [0.717, 1.165) is 29.0 Å². The van der Waals surface area contributed by atoms with E-state index in [1.54, 1.807) is 31.2 Å². The maximum atomic E-state index is 13.0. The number of anilines is 1. The normalized spacial score (nSPS) is 12.1. The average Bonchev–Trinajstić information content (AvgIpc) is 2.83. The fourth-order valence-corrected chi connectivity index (χ4v) is 5.01. The summed E-state index contributed by atoms with van der Waals surface area (Å²) in [6.07, 6.45) is 2.87. The first-order valence-electron chi connectivity index (χ1n) is 11.4. The third kappa shape index (κ3) is 6.38. The van der Waals surface area contributed by atoms with Crippen LogP contribution in [0.25, 0.3) is 0 Å². The summed E-state index contributed by atoms with van der Waals surface area (Å²) < 4.78 is 32.2. The zero-order chi connectivity index (χ0) is 24.7. The SMILES string of the molecule is CCc1ccc(CC)c(CNC(=O)[C@H](C)N(c2ccc(Oc3ccccc3)cc2)S(C)(=O)=O)c1. The van der Waals surface area contributed by atoms with E-state index < -0.39 is 16.1 Å². The van der Waals surface area contributed by atoms with E-state index in [-0.39, 0.29) is 5.91 Å². The number of carbonyl (C=O) groups excluding carboxylic acids is 1. The van der Waals surface area contributed by atoms with Crippen LogP contribution in [0, 0.1) is 0 Å². The van der Waals surface area contributed by atoms with Gasteiger partial charge in [0, 0.05) is 6.54 Å². The second kappa shape index (κ2) is 11.2. The average molecular weight is 481 g/mol. The lowest BCUT2D eigenvalue weighted by Crippen LogP contribution is -2.47. The van der Waals surface area contributed by atoms with E-state index in [1.165, 1.54) is 11.1 Å². The van der Waals surface area contributed by atoms with Gasteiger partial charge in [0.15, 0.2) is 0 Å². The van der Waals surface area contributed by atoms with Crippen LogP contribution in [0.4, 0.5) is 5.69 Å². The van der Waals surface area contributed by atoms with Gasteiger partial charge in [0.05, 0.1) is 11.9 Å². The van der Waals surface area contributed by atoms with Crippen LogP contribution in [0.3, 0.4) is 0 Å². The molecule has 180 valence electrons. The fraction of sp³-hybridized carbons (Fsp3) is 0.296. The fourth-order valence-electron chi connectivity index (χ4n) is 3.83. The van der Waals surface area contributed by atoms with E-state index in [2.05, 4.69) is 37.4 Å². The van der Waals surface area contributed by atoms with Crippen molar-refractivity contribution in [1.29, 1.82) is 0 Å². The molecule has 0 aliphatic carbocycles. The molecule has 1 atom stereocenters. The van der Waals surface area contributed by atoms with Crippen molar-refractivity contribution in [2.24, 2.45) is 0 Å². The Labute approximate surface area is 202 Å². The molecule has 34 heavy (non-hydrogen) atoms. The molecule has 0 bridgehead atoms. The molecule has 0 aromatic heterocycles. The van der Waals surface area contributed by atoms with Crippen molar-refractivity contribution in [3.8, 4) is 11.5 Å². The Hall–Kier alpha value is -3.32. The Morgan fingerprint density at radius 1 is 0.912 bits per heavy atom. The Morgan fingerprint density at radius 2 is 1.56 bits per heavy atom. The molecule has 3 aromatic rings. The van der Waals surface area contributed by atoms with Gasteiger partial charge in [-0.05, 0) is 72.9 Å². The van der Waals surface area contributed by atoms with Gasteiger partial charge < -0.3 is 10.1 Å². The van der Waals surface area contributed by atoms with E-state index in [9.17, 15) is 13.2 Å². The van der Waals surface area contributed by atoms with Crippen LogP contribution >= 0.6 is 0 Å². The number of para-hydroxylation sites is 1. The number of benzene rings is 3. The minimum Gasteiger partial charge on any atom is -0.457 e. The second-order valence-corrected chi connectivity index (χ2v) is 10.0. The Bertz CT molecular complexity index is 1210. The van der Waals surface area contributed by atoms with Crippen LogP contribution in [0.15, 0.2) is 72.8 Å². The highest BCUT2D eigenvalue weighted by molar-refractivity contribution is 7.92. The molecule has 3 aromatic carbocycles. The molecule has 0 saturated heterocycles. The number of hydrogen-bond donors (Lipinski definition) is 1. The first kappa shape index (κ1) is 25.3. The molecule has 0 spiro atoms. The highest BCUT2D eigenvalue weighted by Crippen LogP contribution is 2.27. The summed E-state index contributed by atoms with van der Waals surface area (Å²) in [4.78, 5) is 13.0. The van der Waals surface area contributed by atoms with Crippen LogP contribution in [0.2, 0.25) is 0 Å². The van der Waals surface area contributed by atoms with Gasteiger partial charge in [-0.2, -0.15) is 0 Å². The summed E-state index contributed by atoms with van der Waals surface area (Å²) in [6.45, 7) is 6.10. The lowest BCUT2D eigenvalue weighted by atomic mass is 10.0. The molecule has 0 radical (unpaired) electrons. The quantitative estimate of drug-likeness (QED) is 0.439. The molecule has 1 N–H and O–H groups in total. The minimum absolute atomic E-state index is 0.349.